The van der Waals surface area contributed by atoms with Crippen molar-refractivity contribution in [3.05, 3.63) is 47.7 Å². The number of benzene rings is 1. The van der Waals surface area contributed by atoms with Crippen molar-refractivity contribution in [2.75, 3.05) is 13.2 Å². The number of carbonyl (C=O) groups excluding carboxylic acids is 1. The van der Waals surface area contributed by atoms with Gasteiger partial charge in [-0.15, -0.1) is 0 Å². The molecule has 2 aromatic rings. The molecule has 1 aliphatic heterocycles. The van der Waals surface area contributed by atoms with Crippen LogP contribution in [-0.2, 0) is 4.74 Å². The number of fused-ring (bicyclic) bond motifs is 1. The van der Waals surface area contributed by atoms with Gasteiger partial charge in [-0.2, -0.15) is 0 Å². The Labute approximate surface area is 116 Å². The largest absolute Gasteiger partial charge is 0.493 e. The Morgan fingerprint density at radius 1 is 1.45 bits per heavy atom. The number of aromatic nitrogens is 1. The molecule has 0 aliphatic carbocycles. The van der Waals surface area contributed by atoms with Gasteiger partial charge in [0.05, 0.1) is 13.2 Å². The van der Waals surface area contributed by atoms with Crippen molar-refractivity contribution in [2.45, 2.75) is 19.3 Å². The van der Waals surface area contributed by atoms with Crippen molar-refractivity contribution < 1.29 is 18.7 Å². The molecule has 20 heavy (non-hydrogen) atoms. The summed E-state index contributed by atoms with van der Waals surface area (Å²) in [6, 6.07) is 7.84. The molecule has 1 aromatic heterocycles. The predicted octanol–water partition coefficient (Wildman–Crippen LogP) is 2.71. The molecule has 5 heteroatoms. The second kappa shape index (κ2) is 5.36. The summed E-state index contributed by atoms with van der Waals surface area (Å²) in [7, 11) is 0. The number of esters is 1. The number of para-hydroxylation sites is 1. The molecule has 104 valence electrons. The summed E-state index contributed by atoms with van der Waals surface area (Å²) in [4.78, 5) is 15.8. The van der Waals surface area contributed by atoms with Gasteiger partial charge in [0.25, 0.3) is 0 Å². The van der Waals surface area contributed by atoms with Crippen molar-refractivity contribution in [2.24, 2.45) is 0 Å². The number of nitrogens with zero attached hydrogens (tertiary/aromatic N) is 1. The smallest absolute Gasteiger partial charge is 0.360 e. The van der Waals surface area contributed by atoms with E-state index in [1.54, 1.807) is 6.92 Å². The van der Waals surface area contributed by atoms with Crippen molar-refractivity contribution >= 4 is 5.97 Å². The fraction of sp³-hybridized carbons (Fsp3) is 0.333. The number of hydrogen-bond donors (Lipinski definition) is 0. The molecule has 0 radical (unpaired) electrons. The standard InChI is InChI=1S/C15H15NO4/c1-10-14(16-9-20-10)15(17)19-8-11-6-7-18-13-5-3-2-4-12(11)13/h2-5,9,11H,6-8H2,1H3/t11-/m1/s1. The summed E-state index contributed by atoms with van der Waals surface area (Å²) < 4.78 is 15.9. The minimum Gasteiger partial charge on any atom is -0.493 e. The lowest BCUT2D eigenvalue weighted by atomic mass is 9.94. The van der Waals surface area contributed by atoms with Gasteiger partial charge in [0.2, 0.25) is 0 Å². The summed E-state index contributed by atoms with van der Waals surface area (Å²) in [6.45, 7) is 2.65. The first-order valence-electron chi connectivity index (χ1n) is 6.54. The van der Waals surface area contributed by atoms with Crippen LogP contribution in [0.3, 0.4) is 0 Å². The van der Waals surface area contributed by atoms with Crippen LogP contribution < -0.4 is 4.74 Å². The molecule has 1 aromatic carbocycles. The number of rotatable bonds is 3. The lowest BCUT2D eigenvalue weighted by Gasteiger charge is -2.25. The highest BCUT2D eigenvalue weighted by atomic mass is 16.5. The molecule has 1 atom stereocenters. The van der Waals surface area contributed by atoms with E-state index in [9.17, 15) is 4.79 Å². The van der Waals surface area contributed by atoms with Crippen LogP contribution in [0.5, 0.6) is 5.75 Å². The molecular weight excluding hydrogens is 258 g/mol. The van der Waals surface area contributed by atoms with Gasteiger partial charge in [0.15, 0.2) is 12.1 Å². The van der Waals surface area contributed by atoms with Gasteiger partial charge in [-0.1, -0.05) is 18.2 Å². The van der Waals surface area contributed by atoms with Crippen LogP contribution in [0.1, 0.15) is 34.2 Å². The SMILES string of the molecule is Cc1ocnc1C(=O)OC[C@H]1CCOc2ccccc21. The van der Waals surface area contributed by atoms with E-state index in [4.69, 9.17) is 13.9 Å². The van der Waals surface area contributed by atoms with Crippen molar-refractivity contribution in [1.29, 1.82) is 0 Å². The fourth-order valence-corrected chi connectivity index (χ4v) is 2.33. The fourth-order valence-electron chi connectivity index (χ4n) is 2.33. The molecule has 5 nitrogen and oxygen atoms in total. The maximum Gasteiger partial charge on any atom is 0.360 e. The number of aryl methyl sites for hydroxylation is 1. The monoisotopic (exact) mass is 273 g/mol. The Balaban J connectivity index is 1.68. The molecular formula is C15H15NO4. The Bertz CT molecular complexity index is 620. The van der Waals surface area contributed by atoms with E-state index in [1.165, 1.54) is 6.39 Å². The van der Waals surface area contributed by atoms with Crippen molar-refractivity contribution in [1.82, 2.24) is 4.98 Å². The molecule has 0 unspecified atom stereocenters. The summed E-state index contributed by atoms with van der Waals surface area (Å²) >= 11 is 0. The minimum absolute atomic E-state index is 0.163. The molecule has 0 N–H and O–H groups in total. The second-order valence-corrected chi connectivity index (χ2v) is 4.73. The molecule has 0 saturated carbocycles. The molecule has 0 spiro atoms. The average Bonchev–Trinajstić information content (AvgIpc) is 2.91. The number of ether oxygens (including phenoxy) is 2. The molecule has 1 aliphatic rings. The number of carbonyl (C=O) groups is 1. The van der Waals surface area contributed by atoms with Gasteiger partial charge in [0.1, 0.15) is 11.5 Å². The topological polar surface area (TPSA) is 61.6 Å². The minimum atomic E-state index is -0.444. The first-order valence-corrected chi connectivity index (χ1v) is 6.54. The van der Waals surface area contributed by atoms with Crippen LogP contribution >= 0.6 is 0 Å². The zero-order valence-corrected chi connectivity index (χ0v) is 11.2. The number of oxazole rings is 1. The lowest BCUT2D eigenvalue weighted by Crippen LogP contribution is -2.20. The van der Waals surface area contributed by atoms with E-state index >= 15 is 0 Å². The summed E-state index contributed by atoms with van der Waals surface area (Å²) in [5.41, 5.74) is 1.33. The van der Waals surface area contributed by atoms with Crippen LogP contribution in [0.4, 0.5) is 0 Å². The van der Waals surface area contributed by atoms with Crippen LogP contribution in [0.25, 0.3) is 0 Å². The van der Waals surface area contributed by atoms with E-state index in [1.807, 2.05) is 24.3 Å². The zero-order valence-electron chi connectivity index (χ0n) is 11.2. The highest BCUT2D eigenvalue weighted by Crippen LogP contribution is 2.33. The highest BCUT2D eigenvalue weighted by molar-refractivity contribution is 5.88. The molecule has 0 saturated heterocycles. The van der Waals surface area contributed by atoms with E-state index in [2.05, 4.69) is 4.98 Å². The van der Waals surface area contributed by atoms with Crippen molar-refractivity contribution in [3.8, 4) is 5.75 Å². The Hall–Kier alpha value is -2.30. The molecule has 3 rings (SSSR count). The third kappa shape index (κ3) is 2.39. The van der Waals surface area contributed by atoms with Crippen LogP contribution in [-0.4, -0.2) is 24.2 Å². The lowest BCUT2D eigenvalue weighted by molar-refractivity contribution is 0.0451. The highest BCUT2D eigenvalue weighted by Gasteiger charge is 2.23. The van der Waals surface area contributed by atoms with Crippen molar-refractivity contribution in [3.63, 3.8) is 0 Å². The van der Waals surface area contributed by atoms with Gasteiger partial charge in [-0.05, 0) is 19.4 Å². The first kappa shape index (κ1) is 12.7. The van der Waals surface area contributed by atoms with E-state index in [0.717, 1.165) is 17.7 Å². The molecule has 2 heterocycles. The molecule has 0 bridgehead atoms. The normalized spacial score (nSPS) is 17.1. The molecule has 0 fully saturated rings. The number of hydrogen-bond acceptors (Lipinski definition) is 5. The maximum absolute atomic E-state index is 11.9. The van der Waals surface area contributed by atoms with E-state index in [-0.39, 0.29) is 11.6 Å². The Morgan fingerprint density at radius 2 is 2.30 bits per heavy atom. The third-order valence-electron chi connectivity index (χ3n) is 3.44. The quantitative estimate of drug-likeness (QED) is 0.805. The zero-order chi connectivity index (χ0) is 13.9. The van der Waals surface area contributed by atoms with Gasteiger partial charge in [-0.3, -0.25) is 0 Å². The predicted molar refractivity (Wildman–Crippen MR) is 70.8 cm³/mol. The average molecular weight is 273 g/mol. The van der Waals surface area contributed by atoms with E-state index in [0.29, 0.717) is 19.0 Å². The van der Waals surface area contributed by atoms with Gasteiger partial charge in [-0.25, -0.2) is 9.78 Å². The Kier molecular flexibility index (Phi) is 3.41. The van der Waals surface area contributed by atoms with Crippen LogP contribution in [0.15, 0.2) is 35.1 Å². The summed E-state index contributed by atoms with van der Waals surface area (Å²) in [5, 5.41) is 0. The van der Waals surface area contributed by atoms with Crippen LogP contribution in [0, 0.1) is 6.92 Å². The summed E-state index contributed by atoms with van der Waals surface area (Å²) in [5.74, 6) is 1.07. The van der Waals surface area contributed by atoms with E-state index < -0.39 is 5.97 Å². The van der Waals surface area contributed by atoms with Crippen LogP contribution in [0.2, 0.25) is 0 Å². The van der Waals surface area contributed by atoms with Gasteiger partial charge >= 0.3 is 5.97 Å². The Morgan fingerprint density at radius 3 is 3.10 bits per heavy atom. The van der Waals surface area contributed by atoms with Gasteiger partial charge in [0, 0.05) is 11.5 Å². The summed E-state index contributed by atoms with van der Waals surface area (Å²) in [6.07, 6.45) is 2.08. The van der Waals surface area contributed by atoms with Gasteiger partial charge < -0.3 is 13.9 Å². The maximum atomic E-state index is 11.9. The first-order chi connectivity index (χ1) is 9.75. The molecule has 0 amide bonds. The second-order valence-electron chi connectivity index (χ2n) is 4.73. The third-order valence-corrected chi connectivity index (χ3v) is 3.44.